The van der Waals surface area contributed by atoms with Crippen molar-refractivity contribution in [2.24, 2.45) is 5.92 Å². The van der Waals surface area contributed by atoms with Gasteiger partial charge in [0.2, 0.25) is 5.91 Å². The van der Waals surface area contributed by atoms with Gasteiger partial charge in [0.05, 0.1) is 18.2 Å². The lowest BCUT2D eigenvalue weighted by Crippen LogP contribution is -2.58. The SMILES string of the molecule is CC(C)N1CC(C(=O)N2CCC3(CC2)OCCc2cnc(-c4ccccc4)nc23)C1. The van der Waals surface area contributed by atoms with Gasteiger partial charge in [-0.1, -0.05) is 30.3 Å². The molecule has 1 aromatic heterocycles. The van der Waals surface area contributed by atoms with Gasteiger partial charge in [-0.05, 0) is 38.7 Å². The van der Waals surface area contributed by atoms with Crippen LogP contribution in [0.15, 0.2) is 36.5 Å². The number of fused-ring (bicyclic) bond motifs is 2. The Kier molecular flexibility index (Phi) is 5.07. The zero-order valence-electron chi connectivity index (χ0n) is 17.9. The number of rotatable bonds is 3. The third kappa shape index (κ3) is 3.42. The van der Waals surface area contributed by atoms with E-state index in [0.717, 1.165) is 62.5 Å². The lowest BCUT2D eigenvalue weighted by atomic mass is 9.82. The maximum absolute atomic E-state index is 12.9. The van der Waals surface area contributed by atoms with E-state index < -0.39 is 0 Å². The van der Waals surface area contributed by atoms with Crippen molar-refractivity contribution in [3.63, 3.8) is 0 Å². The summed E-state index contributed by atoms with van der Waals surface area (Å²) in [5.41, 5.74) is 2.85. The molecule has 2 aromatic rings. The minimum atomic E-state index is -0.388. The number of aromatic nitrogens is 2. The second-order valence-corrected chi connectivity index (χ2v) is 9.10. The summed E-state index contributed by atoms with van der Waals surface area (Å²) in [6.07, 6.45) is 4.43. The summed E-state index contributed by atoms with van der Waals surface area (Å²) in [6.45, 7) is 8.34. The van der Waals surface area contributed by atoms with Crippen molar-refractivity contribution in [1.29, 1.82) is 0 Å². The Morgan fingerprint density at radius 2 is 1.90 bits per heavy atom. The Hall–Kier alpha value is -2.31. The van der Waals surface area contributed by atoms with E-state index in [4.69, 9.17) is 9.72 Å². The zero-order chi connectivity index (χ0) is 20.7. The molecule has 0 unspecified atom stereocenters. The molecule has 5 rings (SSSR count). The van der Waals surface area contributed by atoms with E-state index in [1.54, 1.807) is 0 Å². The first kappa shape index (κ1) is 19.6. The fraction of sp³-hybridized carbons (Fsp3) is 0.542. The highest BCUT2D eigenvalue weighted by Crippen LogP contribution is 2.41. The summed E-state index contributed by atoms with van der Waals surface area (Å²) >= 11 is 0. The first-order chi connectivity index (χ1) is 14.6. The number of hydrogen-bond acceptors (Lipinski definition) is 5. The summed E-state index contributed by atoms with van der Waals surface area (Å²) in [7, 11) is 0. The second-order valence-electron chi connectivity index (χ2n) is 9.10. The Bertz CT molecular complexity index is 916. The topological polar surface area (TPSA) is 58.6 Å². The highest BCUT2D eigenvalue weighted by Gasteiger charge is 2.45. The van der Waals surface area contributed by atoms with Crippen LogP contribution in [0.3, 0.4) is 0 Å². The first-order valence-corrected chi connectivity index (χ1v) is 11.1. The van der Waals surface area contributed by atoms with Crippen LogP contribution in [0.4, 0.5) is 0 Å². The zero-order valence-corrected chi connectivity index (χ0v) is 17.9. The van der Waals surface area contributed by atoms with Gasteiger partial charge in [0, 0.05) is 44.0 Å². The molecule has 30 heavy (non-hydrogen) atoms. The van der Waals surface area contributed by atoms with Gasteiger partial charge in [0.25, 0.3) is 0 Å². The van der Waals surface area contributed by atoms with E-state index in [-0.39, 0.29) is 11.5 Å². The summed E-state index contributed by atoms with van der Waals surface area (Å²) in [5.74, 6) is 1.22. The molecule has 6 heteroatoms. The third-order valence-corrected chi connectivity index (χ3v) is 6.95. The molecule has 2 fully saturated rings. The molecule has 1 spiro atoms. The predicted molar refractivity (Wildman–Crippen MR) is 115 cm³/mol. The van der Waals surface area contributed by atoms with Gasteiger partial charge < -0.3 is 9.64 Å². The van der Waals surface area contributed by atoms with Crippen LogP contribution in [0.1, 0.15) is 37.9 Å². The van der Waals surface area contributed by atoms with Crippen LogP contribution in [-0.4, -0.2) is 64.5 Å². The van der Waals surface area contributed by atoms with Crippen molar-refractivity contribution in [2.75, 3.05) is 32.8 Å². The van der Waals surface area contributed by atoms with Crippen LogP contribution >= 0.6 is 0 Å². The van der Waals surface area contributed by atoms with Gasteiger partial charge >= 0.3 is 0 Å². The van der Waals surface area contributed by atoms with E-state index in [1.165, 1.54) is 5.56 Å². The van der Waals surface area contributed by atoms with Gasteiger partial charge in [-0.15, -0.1) is 0 Å². The Labute approximate surface area is 178 Å². The summed E-state index contributed by atoms with van der Waals surface area (Å²) < 4.78 is 6.36. The van der Waals surface area contributed by atoms with Crippen LogP contribution < -0.4 is 0 Å². The lowest BCUT2D eigenvalue weighted by molar-refractivity contribution is -0.150. The Balaban J connectivity index is 1.32. The third-order valence-electron chi connectivity index (χ3n) is 6.95. The van der Waals surface area contributed by atoms with Gasteiger partial charge in [-0.2, -0.15) is 0 Å². The number of likely N-dealkylation sites (tertiary alicyclic amines) is 2. The molecule has 0 bridgehead atoms. The number of carbonyl (C=O) groups excluding carboxylic acids is 1. The Morgan fingerprint density at radius 1 is 1.17 bits per heavy atom. The molecule has 0 saturated carbocycles. The van der Waals surface area contributed by atoms with E-state index >= 15 is 0 Å². The van der Waals surface area contributed by atoms with Crippen molar-refractivity contribution in [3.05, 3.63) is 47.8 Å². The normalized spacial score (nSPS) is 21.5. The molecule has 0 aliphatic carbocycles. The van der Waals surface area contributed by atoms with Gasteiger partial charge in [-0.3, -0.25) is 9.69 Å². The molecule has 3 aliphatic rings. The van der Waals surface area contributed by atoms with E-state index in [9.17, 15) is 4.79 Å². The molecule has 0 radical (unpaired) electrons. The molecule has 4 heterocycles. The van der Waals surface area contributed by atoms with Crippen LogP contribution in [0.25, 0.3) is 11.4 Å². The average Bonchev–Trinajstić information content (AvgIpc) is 2.74. The minimum Gasteiger partial charge on any atom is -0.368 e. The molecule has 1 aromatic carbocycles. The number of amides is 1. The highest BCUT2D eigenvalue weighted by atomic mass is 16.5. The van der Waals surface area contributed by atoms with Crippen molar-refractivity contribution in [2.45, 2.75) is 44.8 Å². The molecule has 3 aliphatic heterocycles. The van der Waals surface area contributed by atoms with Crippen LogP contribution in [0, 0.1) is 5.92 Å². The van der Waals surface area contributed by atoms with Crippen molar-refractivity contribution in [3.8, 4) is 11.4 Å². The molecule has 0 atom stereocenters. The van der Waals surface area contributed by atoms with Crippen LogP contribution in [0.2, 0.25) is 0 Å². The van der Waals surface area contributed by atoms with E-state index in [0.29, 0.717) is 18.6 Å². The fourth-order valence-electron chi connectivity index (χ4n) is 4.95. The number of ether oxygens (including phenoxy) is 1. The number of benzene rings is 1. The van der Waals surface area contributed by atoms with Gasteiger partial charge in [-0.25, -0.2) is 9.97 Å². The van der Waals surface area contributed by atoms with Crippen molar-refractivity contribution in [1.82, 2.24) is 19.8 Å². The van der Waals surface area contributed by atoms with Gasteiger partial charge in [0.1, 0.15) is 5.60 Å². The number of hydrogen-bond donors (Lipinski definition) is 0. The minimum absolute atomic E-state index is 0.160. The quantitative estimate of drug-likeness (QED) is 0.785. The standard InChI is InChI=1S/C24H30N4O2/c1-17(2)28-15-20(16-28)23(29)27-11-9-24(10-12-27)21-19(8-13-30-24)14-25-22(26-21)18-6-4-3-5-7-18/h3-7,14,17,20H,8-13,15-16H2,1-2H3. The Morgan fingerprint density at radius 3 is 2.60 bits per heavy atom. The average molecular weight is 407 g/mol. The molecule has 2 saturated heterocycles. The maximum atomic E-state index is 12.9. The van der Waals surface area contributed by atoms with E-state index in [1.807, 2.05) is 41.4 Å². The van der Waals surface area contributed by atoms with Crippen LogP contribution in [-0.2, 0) is 21.6 Å². The van der Waals surface area contributed by atoms with Crippen molar-refractivity contribution < 1.29 is 9.53 Å². The lowest BCUT2D eigenvalue weighted by Gasteiger charge is -2.47. The molecule has 1 amide bonds. The number of carbonyl (C=O) groups is 1. The van der Waals surface area contributed by atoms with Crippen molar-refractivity contribution >= 4 is 5.91 Å². The maximum Gasteiger partial charge on any atom is 0.228 e. The summed E-state index contributed by atoms with van der Waals surface area (Å²) in [5, 5.41) is 0. The van der Waals surface area contributed by atoms with Crippen LogP contribution in [0.5, 0.6) is 0 Å². The number of nitrogens with zero attached hydrogens (tertiary/aromatic N) is 4. The van der Waals surface area contributed by atoms with Gasteiger partial charge in [0.15, 0.2) is 5.82 Å². The number of piperidine rings is 1. The molecule has 6 nitrogen and oxygen atoms in total. The second kappa shape index (κ2) is 7.75. The monoisotopic (exact) mass is 406 g/mol. The fourth-order valence-corrected chi connectivity index (χ4v) is 4.95. The molecule has 0 N–H and O–H groups in total. The first-order valence-electron chi connectivity index (χ1n) is 11.1. The highest BCUT2D eigenvalue weighted by molar-refractivity contribution is 5.80. The summed E-state index contributed by atoms with van der Waals surface area (Å²) in [4.78, 5) is 26.9. The smallest absolute Gasteiger partial charge is 0.228 e. The summed E-state index contributed by atoms with van der Waals surface area (Å²) in [6, 6.07) is 10.6. The molecular formula is C24H30N4O2. The van der Waals surface area contributed by atoms with E-state index in [2.05, 4.69) is 23.7 Å². The molecule has 158 valence electrons. The largest absolute Gasteiger partial charge is 0.368 e. The molecular weight excluding hydrogens is 376 g/mol. The predicted octanol–water partition coefficient (Wildman–Crippen LogP) is 2.87.